The molecule has 1 amide bonds. The van der Waals surface area contributed by atoms with Gasteiger partial charge < -0.3 is 5.32 Å². The van der Waals surface area contributed by atoms with Gasteiger partial charge in [-0.3, -0.25) is 9.59 Å². The number of benzene rings is 1. The molecule has 0 bridgehead atoms. The van der Waals surface area contributed by atoms with Crippen LogP contribution in [0.4, 0.5) is 8.78 Å². The molecule has 1 aromatic carbocycles. The van der Waals surface area contributed by atoms with Crippen molar-refractivity contribution in [3.63, 3.8) is 0 Å². The smallest absolute Gasteiger partial charge is 0.266 e. The molecule has 0 aliphatic heterocycles. The maximum absolute atomic E-state index is 13.3. The van der Waals surface area contributed by atoms with Crippen LogP contribution in [-0.4, -0.2) is 22.2 Å². The summed E-state index contributed by atoms with van der Waals surface area (Å²) in [7, 11) is 0. The van der Waals surface area contributed by atoms with Crippen molar-refractivity contribution in [2.24, 2.45) is 0 Å². The Balaban J connectivity index is 1.96. The zero-order valence-electron chi connectivity index (χ0n) is 10.3. The number of hydrogen-bond donors (Lipinski definition) is 1. The first-order chi connectivity index (χ1) is 9.58. The third-order valence-electron chi connectivity index (χ3n) is 2.57. The highest BCUT2D eigenvalue weighted by atomic mass is 19.1. The highest BCUT2D eigenvalue weighted by molar-refractivity contribution is 5.94. The summed E-state index contributed by atoms with van der Waals surface area (Å²) < 4.78 is 27.2. The fourth-order valence-electron chi connectivity index (χ4n) is 1.60. The molecule has 0 fully saturated rings. The Hall–Kier alpha value is -2.57. The van der Waals surface area contributed by atoms with E-state index in [4.69, 9.17) is 0 Å². The highest BCUT2D eigenvalue weighted by Crippen LogP contribution is 2.08. The van der Waals surface area contributed by atoms with E-state index in [0.717, 1.165) is 12.1 Å². The van der Waals surface area contributed by atoms with Crippen molar-refractivity contribution in [1.29, 1.82) is 0 Å². The van der Waals surface area contributed by atoms with E-state index >= 15 is 0 Å². The monoisotopic (exact) mass is 279 g/mol. The van der Waals surface area contributed by atoms with Crippen LogP contribution in [0.2, 0.25) is 0 Å². The first-order valence-electron chi connectivity index (χ1n) is 5.83. The molecule has 1 N–H and O–H groups in total. The van der Waals surface area contributed by atoms with E-state index in [9.17, 15) is 18.4 Å². The Labute approximate surface area is 112 Å². The molecular formula is C13H11F2N3O2. The first kappa shape index (κ1) is 13.9. The summed E-state index contributed by atoms with van der Waals surface area (Å²) in [5, 5.41) is 6.24. The van der Waals surface area contributed by atoms with Gasteiger partial charge in [-0.05, 0) is 18.2 Å². The molecule has 0 aliphatic carbocycles. The summed E-state index contributed by atoms with van der Waals surface area (Å²) >= 11 is 0. The van der Waals surface area contributed by atoms with Crippen LogP contribution in [0.3, 0.4) is 0 Å². The van der Waals surface area contributed by atoms with Crippen LogP contribution in [0.15, 0.2) is 41.3 Å². The Morgan fingerprint density at radius 1 is 1.30 bits per heavy atom. The van der Waals surface area contributed by atoms with Crippen molar-refractivity contribution in [3.05, 3.63) is 64.1 Å². The molecule has 20 heavy (non-hydrogen) atoms. The average Bonchev–Trinajstić information content (AvgIpc) is 2.40. The molecule has 0 aliphatic rings. The summed E-state index contributed by atoms with van der Waals surface area (Å²) in [6, 6.07) is 5.55. The molecule has 1 aromatic heterocycles. The van der Waals surface area contributed by atoms with Crippen LogP contribution < -0.4 is 10.9 Å². The Bertz CT molecular complexity index is 685. The van der Waals surface area contributed by atoms with E-state index in [2.05, 4.69) is 10.4 Å². The number of nitrogens with one attached hydrogen (secondary N) is 1. The molecular weight excluding hydrogens is 268 g/mol. The SMILES string of the molecule is O=C(NCCn1ncccc1=O)c1ccc(F)cc1F. The van der Waals surface area contributed by atoms with Crippen LogP contribution in [0.5, 0.6) is 0 Å². The van der Waals surface area contributed by atoms with E-state index in [-0.39, 0.29) is 24.2 Å². The van der Waals surface area contributed by atoms with Gasteiger partial charge in [-0.15, -0.1) is 0 Å². The van der Waals surface area contributed by atoms with E-state index < -0.39 is 17.5 Å². The van der Waals surface area contributed by atoms with E-state index in [1.54, 1.807) is 0 Å². The van der Waals surface area contributed by atoms with Gasteiger partial charge in [0.25, 0.3) is 11.5 Å². The zero-order chi connectivity index (χ0) is 14.5. The molecule has 7 heteroatoms. The van der Waals surface area contributed by atoms with Gasteiger partial charge in [-0.2, -0.15) is 5.10 Å². The van der Waals surface area contributed by atoms with Crippen LogP contribution >= 0.6 is 0 Å². The van der Waals surface area contributed by atoms with Crippen molar-refractivity contribution in [2.45, 2.75) is 6.54 Å². The summed E-state index contributed by atoms with van der Waals surface area (Å²) in [6.45, 7) is 0.265. The third-order valence-corrected chi connectivity index (χ3v) is 2.57. The Kier molecular flexibility index (Phi) is 4.19. The van der Waals surface area contributed by atoms with Crippen molar-refractivity contribution < 1.29 is 13.6 Å². The maximum Gasteiger partial charge on any atom is 0.266 e. The number of carbonyl (C=O) groups excluding carboxylic acids is 1. The van der Waals surface area contributed by atoms with Crippen molar-refractivity contribution >= 4 is 5.91 Å². The number of hydrogen-bond acceptors (Lipinski definition) is 3. The molecule has 2 aromatic rings. The van der Waals surface area contributed by atoms with Crippen LogP contribution in [-0.2, 0) is 6.54 Å². The predicted octanol–water partition coefficient (Wildman–Crippen LogP) is 0.951. The lowest BCUT2D eigenvalue weighted by atomic mass is 10.2. The summed E-state index contributed by atoms with van der Waals surface area (Å²) in [5.74, 6) is -2.36. The standard InChI is InChI=1S/C13H11F2N3O2/c14-9-3-4-10(11(15)8-9)13(20)16-6-7-18-12(19)2-1-5-17-18/h1-5,8H,6-7H2,(H,16,20). The van der Waals surface area contributed by atoms with Gasteiger partial charge in [0, 0.05) is 24.9 Å². The maximum atomic E-state index is 13.3. The molecule has 0 saturated heterocycles. The van der Waals surface area contributed by atoms with Crippen molar-refractivity contribution in [2.75, 3.05) is 6.54 Å². The topological polar surface area (TPSA) is 64.0 Å². The van der Waals surface area contributed by atoms with E-state index in [0.29, 0.717) is 6.07 Å². The number of rotatable bonds is 4. The average molecular weight is 279 g/mol. The largest absolute Gasteiger partial charge is 0.350 e. The molecule has 104 valence electrons. The number of halogens is 2. The summed E-state index contributed by atoms with van der Waals surface area (Å²) in [5.41, 5.74) is -0.547. The van der Waals surface area contributed by atoms with Gasteiger partial charge in [-0.25, -0.2) is 13.5 Å². The fourth-order valence-corrected chi connectivity index (χ4v) is 1.60. The summed E-state index contributed by atoms with van der Waals surface area (Å²) in [4.78, 5) is 23.0. The van der Waals surface area contributed by atoms with Gasteiger partial charge in [0.1, 0.15) is 11.6 Å². The minimum absolute atomic E-state index is 0.104. The minimum atomic E-state index is -0.933. The van der Waals surface area contributed by atoms with Crippen molar-refractivity contribution in [3.8, 4) is 0 Å². The van der Waals surface area contributed by atoms with Gasteiger partial charge in [0.15, 0.2) is 0 Å². The quantitative estimate of drug-likeness (QED) is 0.906. The second-order valence-electron chi connectivity index (χ2n) is 3.97. The van der Waals surface area contributed by atoms with Crippen LogP contribution in [0, 0.1) is 11.6 Å². The van der Waals surface area contributed by atoms with Crippen LogP contribution in [0.1, 0.15) is 10.4 Å². The normalized spacial score (nSPS) is 10.3. The molecule has 5 nitrogen and oxygen atoms in total. The molecule has 0 saturated carbocycles. The molecule has 1 heterocycles. The molecule has 0 atom stereocenters. The first-order valence-corrected chi connectivity index (χ1v) is 5.83. The van der Waals surface area contributed by atoms with E-state index in [1.807, 2.05) is 0 Å². The highest BCUT2D eigenvalue weighted by Gasteiger charge is 2.11. The number of carbonyl (C=O) groups is 1. The lowest BCUT2D eigenvalue weighted by molar-refractivity contribution is 0.0947. The fraction of sp³-hybridized carbons (Fsp3) is 0.154. The minimum Gasteiger partial charge on any atom is -0.350 e. The Morgan fingerprint density at radius 3 is 2.80 bits per heavy atom. The van der Waals surface area contributed by atoms with Crippen LogP contribution in [0.25, 0.3) is 0 Å². The molecule has 0 radical (unpaired) electrons. The second kappa shape index (κ2) is 6.05. The van der Waals surface area contributed by atoms with Gasteiger partial charge in [-0.1, -0.05) is 0 Å². The van der Waals surface area contributed by atoms with Gasteiger partial charge >= 0.3 is 0 Å². The van der Waals surface area contributed by atoms with Crippen molar-refractivity contribution in [1.82, 2.24) is 15.1 Å². The zero-order valence-corrected chi connectivity index (χ0v) is 10.3. The Morgan fingerprint density at radius 2 is 2.10 bits per heavy atom. The van der Waals surface area contributed by atoms with Gasteiger partial charge in [0.2, 0.25) is 0 Å². The second-order valence-corrected chi connectivity index (χ2v) is 3.97. The summed E-state index contributed by atoms with van der Waals surface area (Å²) in [6.07, 6.45) is 1.45. The lowest BCUT2D eigenvalue weighted by Crippen LogP contribution is -2.32. The van der Waals surface area contributed by atoms with Gasteiger partial charge in [0.05, 0.1) is 12.1 Å². The number of aromatic nitrogens is 2. The van der Waals surface area contributed by atoms with E-state index in [1.165, 1.54) is 23.0 Å². The molecule has 2 rings (SSSR count). The molecule has 0 unspecified atom stereocenters. The number of amides is 1. The third kappa shape index (κ3) is 3.25. The number of nitrogens with zero attached hydrogens (tertiary/aromatic N) is 2. The molecule has 0 spiro atoms. The lowest BCUT2D eigenvalue weighted by Gasteiger charge is -2.07. The predicted molar refractivity (Wildman–Crippen MR) is 67.2 cm³/mol.